The van der Waals surface area contributed by atoms with Gasteiger partial charge in [-0.1, -0.05) is 36.4 Å². The van der Waals surface area contributed by atoms with Crippen molar-refractivity contribution in [2.45, 2.75) is 6.92 Å². The summed E-state index contributed by atoms with van der Waals surface area (Å²) < 4.78 is 11.1. The first kappa shape index (κ1) is 20.3. The number of esters is 2. The highest BCUT2D eigenvalue weighted by atomic mass is 16.5. The smallest absolute Gasteiger partial charge is 0.465 e. The predicted octanol–water partition coefficient (Wildman–Crippen LogP) is 1.10. The van der Waals surface area contributed by atoms with E-state index < -0.39 is 19.1 Å². The highest BCUT2D eigenvalue weighted by molar-refractivity contribution is 6.58. The number of methoxy groups -OCH3 is 2. The SMILES string of the molecule is COC(=O)c1c(-c2cc(B(O)O)ccc2C)nn(-c2ccccc2)c1C(=O)OC. The summed E-state index contributed by atoms with van der Waals surface area (Å²) in [5.74, 6) is -1.53. The standard InChI is InChI=1S/C20H19BN2O6/c1-12-9-10-13(21(26)27)11-15(12)17-16(19(24)28-2)18(20(25)29-3)23(22-17)14-7-5-4-6-8-14/h4-11,26-27H,1-3H3. The van der Waals surface area contributed by atoms with Gasteiger partial charge in [-0.25, -0.2) is 14.3 Å². The minimum atomic E-state index is -1.70. The maximum Gasteiger partial charge on any atom is 0.488 e. The Morgan fingerprint density at radius 1 is 1.00 bits per heavy atom. The lowest BCUT2D eigenvalue weighted by molar-refractivity contribution is 0.0549. The van der Waals surface area contributed by atoms with E-state index in [4.69, 9.17) is 9.47 Å². The fourth-order valence-corrected chi connectivity index (χ4v) is 3.00. The highest BCUT2D eigenvalue weighted by Crippen LogP contribution is 2.30. The molecule has 9 heteroatoms. The van der Waals surface area contributed by atoms with E-state index in [2.05, 4.69) is 5.10 Å². The number of hydrogen-bond acceptors (Lipinski definition) is 7. The van der Waals surface area contributed by atoms with Gasteiger partial charge in [-0.05, 0) is 30.1 Å². The van der Waals surface area contributed by atoms with Crippen LogP contribution in [0, 0.1) is 6.92 Å². The molecule has 0 atom stereocenters. The third-order valence-electron chi connectivity index (χ3n) is 4.47. The molecule has 2 N–H and O–H groups in total. The van der Waals surface area contributed by atoms with Gasteiger partial charge >= 0.3 is 19.1 Å². The Morgan fingerprint density at radius 2 is 1.66 bits per heavy atom. The lowest BCUT2D eigenvalue weighted by Crippen LogP contribution is -2.29. The average Bonchev–Trinajstić information content (AvgIpc) is 3.13. The van der Waals surface area contributed by atoms with Crippen LogP contribution < -0.4 is 5.46 Å². The number of benzene rings is 2. The molecule has 0 aliphatic carbocycles. The maximum absolute atomic E-state index is 12.6. The maximum atomic E-state index is 12.6. The van der Waals surface area contributed by atoms with E-state index in [-0.39, 0.29) is 22.4 Å². The molecule has 1 aromatic heterocycles. The molecule has 3 aromatic rings. The molecular formula is C20H19BN2O6. The summed E-state index contributed by atoms with van der Waals surface area (Å²) in [6.45, 7) is 1.78. The van der Waals surface area contributed by atoms with Crippen molar-refractivity contribution >= 4 is 24.5 Å². The number of rotatable bonds is 5. The van der Waals surface area contributed by atoms with Gasteiger partial charge in [-0.3, -0.25) is 0 Å². The Morgan fingerprint density at radius 3 is 2.24 bits per heavy atom. The number of aryl methyl sites for hydroxylation is 1. The van der Waals surface area contributed by atoms with E-state index in [1.54, 1.807) is 43.3 Å². The van der Waals surface area contributed by atoms with Gasteiger partial charge in [0.15, 0.2) is 5.69 Å². The van der Waals surface area contributed by atoms with Gasteiger partial charge in [0, 0.05) is 5.56 Å². The number of carbonyl (C=O) groups is 2. The Labute approximate surface area is 167 Å². The third-order valence-corrected chi connectivity index (χ3v) is 4.47. The van der Waals surface area contributed by atoms with Gasteiger partial charge < -0.3 is 19.5 Å². The fourth-order valence-electron chi connectivity index (χ4n) is 3.00. The van der Waals surface area contributed by atoms with Crippen molar-refractivity contribution in [3.63, 3.8) is 0 Å². The molecule has 0 unspecified atom stereocenters. The van der Waals surface area contributed by atoms with Crippen molar-refractivity contribution in [2.24, 2.45) is 0 Å². The van der Waals surface area contributed by atoms with Crippen molar-refractivity contribution in [2.75, 3.05) is 14.2 Å². The van der Waals surface area contributed by atoms with Crippen LogP contribution in [0.3, 0.4) is 0 Å². The Balaban J connectivity index is 2.39. The number of ether oxygens (including phenoxy) is 2. The van der Waals surface area contributed by atoms with Crippen LogP contribution in [0.25, 0.3) is 16.9 Å². The second-order valence-electron chi connectivity index (χ2n) is 6.25. The Kier molecular flexibility index (Phi) is 5.81. The number of aromatic nitrogens is 2. The zero-order chi connectivity index (χ0) is 21.1. The molecule has 0 aliphatic rings. The third kappa shape index (κ3) is 3.78. The first-order valence-corrected chi connectivity index (χ1v) is 8.71. The minimum Gasteiger partial charge on any atom is -0.465 e. The monoisotopic (exact) mass is 394 g/mol. The Bertz CT molecular complexity index is 1060. The van der Waals surface area contributed by atoms with Crippen molar-refractivity contribution in [3.8, 4) is 16.9 Å². The van der Waals surface area contributed by atoms with E-state index in [0.29, 0.717) is 16.8 Å². The summed E-state index contributed by atoms with van der Waals surface area (Å²) >= 11 is 0. The summed E-state index contributed by atoms with van der Waals surface area (Å²) in [7, 11) is 0.708. The second-order valence-corrected chi connectivity index (χ2v) is 6.25. The van der Waals surface area contributed by atoms with E-state index >= 15 is 0 Å². The summed E-state index contributed by atoms with van der Waals surface area (Å²) in [5, 5.41) is 23.6. The summed E-state index contributed by atoms with van der Waals surface area (Å²) in [6, 6.07) is 13.5. The van der Waals surface area contributed by atoms with E-state index in [9.17, 15) is 19.6 Å². The highest BCUT2D eigenvalue weighted by Gasteiger charge is 2.32. The van der Waals surface area contributed by atoms with Gasteiger partial charge in [-0.2, -0.15) is 5.10 Å². The van der Waals surface area contributed by atoms with Crippen molar-refractivity contribution in [1.82, 2.24) is 9.78 Å². The first-order chi connectivity index (χ1) is 13.9. The van der Waals surface area contributed by atoms with Crippen molar-refractivity contribution < 1.29 is 29.1 Å². The largest absolute Gasteiger partial charge is 0.488 e. The van der Waals surface area contributed by atoms with Gasteiger partial charge in [0.1, 0.15) is 11.3 Å². The van der Waals surface area contributed by atoms with E-state index in [1.165, 1.54) is 25.0 Å². The molecule has 0 radical (unpaired) electrons. The molecule has 0 amide bonds. The van der Waals surface area contributed by atoms with E-state index in [1.807, 2.05) is 6.07 Å². The molecule has 0 bridgehead atoms. The first-order valence-electron chi connectivity index (χ1n) is 8.71. The normalized spacial score (nSPS) is 10.5. The topological polar surface area (TPSA) is 111 Å². The van der Waals surface area contributed by atoms with Crippen LogP contribution in [0.4, 0.5) is 0 Å². The molecule has 3 rings (SSSR count). The molecule has 29 heavy (non-hydrogen) atoms. The van der Waals surface area contributed by atoms with Crippen LogP contribution in [0.1, 0.15) is 26.4 Å². The fraction of sp³-hybridized carbons (Fsp3) is 0.150. The van der Waals surface area contributed by atoms with Gasteiger partial charge in [0.25, 0.3) is 0 Å². The molecule has 0 saturated heterocycles. The Hall–Kier alpha value is -3.43. The average molecular weight is 394 g/mol. The van der Waals surface area contributed by atoms with E-state index in [0.717, 1.165) is 0 Å². The van der Waals surface area contributed by atoms with Gasteiger partial charge in [-0.15, -0.1) is 0 Å². The number of nitrogens with zero attached hydrogens (tertiary/aromatic N) is 2. The molecule has 148 valence electrons. The quantitative estimate of drug-likeness (QED) is 0.493. The lowest BCUT2D eigenvalue weighted by Gasteiger charge is -2.08. The molecule has 0 saturated carbocycles. The molecule has 1 heterocycles. The molecule has 0 aliphatic heterocycles. The minimum absolute atomic E-state index is 0.0733. The van der Waals surface area contributed by atoms with Crippen LogP contribution in [0.2, 0.25) is 0 Å². The summed E-state index contributed by atoms with van der Waals surface area (Å²) in [5.41, 5.74) is 1.94. The zero-order valence-corrected chi connectivity index (χ0v) is 16.1. The molecule has 2 aromatic carbocycles. The van der Waals surface area contributed by atoms with Gasteiger partial charge in [0.2, 0.25) is 0 Å². The van der Waals surface area contributed by atoms with Crippen LogP contribution in [-0.4, -0.2) is 53.1 Å². The van der Waals surface area contributed by atoms with Crippen LogP contribution in [0.15, 0.2) is 48.5 Å². The molecular weight excluding hydrogens is 375 g/mol. The number of carbonyl (C=O) groups excluding carboxylic acids is 2. The second kappa shape index (κ2) is 8.30. The summed E-state index contributed by atoms with van der Waals surface area (Å²) in [6.07, 6.45) is 0. The van der Waals surface area contributed by atoms with Crippen molar-refractivity contribution in [3.05, 3.63) is 65.4 Å². The molecule has 0 fully saturated rings. The van der Waals surface area contributed by atoms with Gasteiger partial charge in [0.05, 0.1) is 19.9 Å². The molecule has 8 nitrogen and oxygen atoms in total. The predicted molar refractivity (Wildman–Crippen MR) is 106 cm³/mol. The zero-order valence-electron chi connectivity index (χ0n) is 16.1. The summed E-state index contributed by atoms with van der Waals surface area (Å²) in [4.78, 5) is 25.2. The van der Waals surface area contributed by atoms with Crippen LogP contribution in [0.5, 0.6) is 0 Å². The number of para-hydroxylation sites is 1. The number of hydrogen-bond donors (Lipinski definition) is 2. The van der Waals surface area contributed by atoms with Crippen LogP contribution >= 0.6 is 0 Å². The molecule has 0 spiro atoms. The lowest BCUT2D eigenvalue weighted by atomic mass is 9.78. The van der Waals surface area contributed by atoms with Crippen LogP contribution in [-0.2, 0) is 9.47 Å². The van der Waals surface area contributed by atoms with Crippen molar-refractivity contribution in [1.29, 1.82) is 0 Å².